The summed E-state index contributed by atoms with van der Waals surface area (Å²) in [6.45, 7) is 0.206. The topological polar surface area (TPSA) is 84.2 Å². The molecule has 0 aliphatic rings. The van der Waals surface area contributed by atoms with Crippen molar-refractivity contribution in [2.24, 2.45) is 5.73 Å². The van der Waals surface area contributed by atoms with E-state index >= 15 is 0 Å². The number of hydrogen-bond acceptors (Lipinski definition) is 3. The first-order chi connectivity index (χ1) is 10.4. The van der Waals surface area contributed by atoms with Gasteiger partial charge in [0.15, 0.2) is 0 Å². The molecule has 0 fully saturated rings. The van der Waals surface area contributed by atoms with Crippen LogP contribution < -0.4 is 16.4 Å². The molecule has 0 heterocycles. The number of rotatable bonds is 8. The molecule has 5 nitrogen and oxygen atoms in total. The van der Waals surface area contributed by atoms with Crippen molar-refractivity contribution in [3.05, 3.63) is 35.4 Å². The summed E-state index contributed by atoms with van der Waals surface area (Å²) < 4.78 is 26.1. The van der Waals surface area contributed by atoms with Crippen LogP contribution in [-0.4, -0.2) is 36.5 Å². The number of urea groups is 1. The summed E-state index contributed by atoms with van der Waals surface area (Å²) in [5, 5.41) is 5.00. The SMILES string of the molecule is CSCC[C@H](NC(N)=O)C(=O)NCCc1cc(F)cc(F)c1. The van der Waals surface area contributed by atoms with Crippen molar-refractivity contribution in [1.82, 2.24) is 10.6 Å². The molecule has 0 aliphatic heterocycles. The lowest BCUT2D eigenvalue weighted by Gasteiger charge is -2.16. The van der Waals surface area contributed by atoms with Crippen LogP contribution in [0.3, 0.4) is 0 Å². The Balaban J connectivity index is 2.49. The van der Waals surface area contributed by atoms with Gasteiger partial charge in [-0.2, -0.15) is 11.8 Å². The number of amides is 3. The number of hydrogen-bond donors (Lipinski definition) is 3. The van der Waals surface area contributed by atoms with Crippen LogP contribution in [0.2, 0.25) is 0 Å². The van der Waals surface area contributed by atoms with Gasteiger partial charge in [0.1, 0.15) is 17.7 Å². The highest BCUT2D eigenvalue weighted by Gasteiger charge is 2.18. The van der Waals surface area contributed by atoms with E-state index in [1.54, 1.807) is 11.8 Å². The van der Waals surface area contributed by atoms with Crippen LogP contribution in [0.15, 0.2) is 18.2 Å². The van der Waals surface area contributed by atoms with Crippen molar-refractivity contribution in [3.63, 3.8) is 0 Å². The lowest BCUT2D eigenvalue weighted by Crippen LogP contribution is -2.49. The van der Waals surface area contributed by atoms with Gasteiger partial charge in [0.25, 0.3) is 0 Å². The molecule has 1 atom stereocenters. The molecule has 22 heavy (non-hydrogen) atoms. The highest BCUT2D eigenvalue weighted by Crippen LogP contribution is 2.08. The van der Waals surface area contributed by atoms with Crippen molar-refractivity contribution in [2.45, 2.75) is 18.9 Å². The molecule has 1 rings (SSSR count). The van der Waals surface area contributed by atoms with Gasteiger partial charge in [-0.1, -0.05) is 0 Å². The molecule has 3 amide bonds. The Morgan fingerprint density at radius 1 is 1.27 bits per heavy atom. The summed E-state index contributed by atoms with van der Waals surface area (Å²) in [5.74, 6) is -0.998. The zero-order chi connectivity index (χ0) is 16.5. The number of nitrogens with two attached hydrogens (primary N) is 1. The molecule has 122 valence electrons. The van der Waals surface area contributed by atoms with E-state index in [1.807, 2.05) is 6.26 Å². The Kier molecular flexibility index (Phi) is 7.65. The quantitative estimate of drug-likeness (QED) is 0.673. The summed E-state index contributed by atoms with van der Waals surface area (Å²) in [6.07, 6.45) is 2.62. The minimum atomic E-state index is -0.770. The molecular formula is C14H19F2N3O2S. The average molecular weight is 331 g/mol. The minimum Gasteiger partial charge on any atom is -0.354 e. The Morgan fingerprint density at radius 2 is 1.91 bits per heavy atom. The fourth-order valence-electron chi connectivity index (χ4n) is 1.88. The van der Waals surface area contributed by atoms with Crippen LogP contribution >= 0.6 is 11.8 Å². The van der Waals surface area contributed by atoms with E-state index in [-0.39, 0.29) is 18.9 Å². The molecular weight excluding hydrogens is 312 g/mol. The molecule has 1 aromatic rings. The second-order valence-corrected chi connectivity index (χ2v) is 5.65. The van der Waals surface area contributed by atoms with Gasteiger partial charge < -0.3 is 16.4 Å². The summed E-state index contributed by atoms with van der Waals surface area (Å²) in [4.78, 5) is 22.9. The van der Waals surface area contributed by atoms with E-state index in [0.29, 0.717) is 17.7 Å². The first kappa shape index (κ1) is 18.2. The maximum atomic E-state index is 13.0. The first-order valence-corrected chi connectivity index (χ1v) is 8.09. The van der Waals surface area contributed by atoms with Crippen LogP contribution in [-0.2, 0) is 11.2 Å². The third-order valence-electron chi connectivity index (χ3n) is 2.88. The van der Waals surface area contributed by atoms with E-state index in [4.69, 9.17) is 5.73 Å². The van der Waals surface area contributed by atoms with Crippen molar-refractivity contribution in [3.8, 4) is 0 Å². The monoisotopic (exact) mass is 331 g/mol. The molecule has 8 heteroatoms. The van der Waals surface area contributed by atoms with Gasteiger partial charge in [0.05, 0.1) is 0 Å². The van der Waals surface area contributed by atoms with Gasteiger partial charge in [0.2, 0.25) is 5.91 Å². The summed E-state index contributed by atoms with van der Waals surface area (Å²) in [5.41, 5.74) is 5.48. The number of carbonyl (C=O) groups is 2. The summed E-state index contributed by atoms with van der Waals surface area (Å²) >= 11 is 1.54. The van der Waals surface area contributed by atoms with E-state index in [2.05, 4.69) is 10.6 Å². The Hall–Kier alpha value is -1.83. The lowest BCUT2D eigenvalue weighted by atomic mass is 10.1. The minimum absolute atomic E-state index is 0.206. The van der Waals surface area contributed by atoms with Crippen LogP contribution in [0.5, 0.6) is 0 Å². The molecule has 0 saturated carbocycles. The predicted molar refractivity (Wildman–Crippen MR) is 82.6 cm³/mol. The average Bonchev–Trinajstić information content (AvgIpc) is 2.41. The van der Waals surface area contributed by atoms with Crippen molar-refractivity contribution >= 4 is 23.7 Å². The van der Waals surface area contributed by atoms with Gasteiger partial charge in [-0.25, -0.2) is 13.6 Å². The van der Waals surface area contributed by atoms with E-state index in [0.717, 1.165) is 6.07 Å². The fourth-order valence-corrected chi connectivity index (χ4v) is 2.36. The number of carbonyl (C=O) groups excluding carboxylic acids is 2. The van der Waals surface area contributed by atoms with Crippen LogP contribution in [0, 0.1) is 11.6 Å². The van der Waals surface area contributed by atoms with Gasteiger partial charge in [-0.15, -0.1) is 0 Å². The molecule has 0 spiro atoms. The smallest absolute Gasteiger partial charge is 0.312 e. The number of halogens is 2. The second-order valence-electron chi connectivity index (χ2n) is 4.66. The molecule has 0 aromatic heterocycles. The van der Waals surface area contributed by atoms with Crippen LogP contribution in [0.1, 0.15) is 12.0 Å². The van der Waals surface area contributed by atoms with Crippen LogP contribution in [0.4, 0.5) is 13.6 Å². The van der Waals surface area contributed by atoms with Crippen molar-refractivity contribution in [2.75, 3.05) is 18.6 Å². The zero-order valence-corrected chi connectivity index (χ0v) is 13.0. The van der Waals surface area contributed by atoms with Gasteiger partial charge in [0, 0.05) is 12.6 Å². The third kappa shape index (κ3) is 6.75. The molecule has 0 radical (unpaired) electrons. The second kappa shape index (κ2) is 9.24. The Labute approximate surface area is 132 Å². The first-order valence-electron chi connectivity index (χ1n) is 6.70. The fraction of sp³-hybridized carbons (Fsp3) is 0.429. The highest BCUT2D eigenvalue weighted by molar-refractivity contribution is 7.98. The van der Waals surface area contributed by atoms with Crippen molar-refractivity contribution in [1.29, 1.82) is 0 Å². The molecule has 0 unspecified atom stereocenters. The maximum Gasteiger partial charge on any atom is 0.312 e. The van der Waals surface area contributed by atoms with Gasteiger partial charge >= 0.3 is 6.03 Å². The number of nitrogens with one attached hydrogen (secondary N) is 2. The standard InChI is InChI=1S/C14H19F2N3O2S/c1-22-5-3-12(19-14(17)21)13(20)18-4-2-9-6-10(15)8-11(16)7-9/h6-8,12H,2-5H2,1H3,(H,18,20)(H3,17,19,21)/t12-/m0/s1. The summed E-state index contributed by atoms with van der Waals surface area (Å²) in [7, 11) is 0. The molecule has 0 bridgehead atoms. The molecule has 0 saturated heterocycles. The van der Waals surface area contributed by atoms with Crippen molar-refractivity contribution < 1.29 is 18.4 Å². The van der Waals surface area contributed by atoms with E-state index < -0.39 is 23.7 Å². The van der Waals surface area contributed by atoms with Crippen LogP contribution in [0.25, 0.3) is 0 Å². The molecule has 1 aromatic carbocycles. The lowest BCUT2D eigenvalue weighted by molar-refractivity contribution is -0.122. The highest BCUT2D eigenvalue weighted by atomic mass is 32.2. The Morgan fingerprint density at radius 3 is 2.45 bits per heavy atom. The number of thioether (sulfide) groups is 1. The third-order valence-corrected chi connectivity index (χ3v) is 3.52. The van der Waals surface area contributed by atoms with Gasteiger partial charge in [-0.3, -0.25) is 4.79 Å². The number of primary amides is 1. The normalized spacial score (nSPS) is 11.8. The zero-order valence-electron chi connectivity index (χ0n) is 12.2. The number of benzene rings is 1. The maximum absolute atomic E-state index is 13.0. The van der Waals surface area contributed by atoms with E-state index in [1.165, 1.54) is 12.1 Å². The predicted octanol–water partition coefficient (Wildman–Crippen LogP) is 1.41. The van der Waals surface area contributed by atoms with E-state index in [9.17, 15) is 18.4 Å². The molecule has 4 N–H and O–H groups in total. The molecule has 0 aliphatic carbocycles. The Bertz CT molecular complexity index is 509. The summed E-state index contributed by atoms with van der Waals surface area (Å²) in [6, 6.07) is 1.73. The van der Waals surface area contributed by atoms with Gasteiger partial charge in [-0.05, 0) is 42.5 Å². The largest absolute Gasteiger partial charge is 0.354 e.